The van der Waals surface area contributed by atoms with Crippen molar-refractivity contribution in [2.24, 2.45) is 0 Å². The lowest BCUT2D eigenvalue weighted by atomic mass is 10.0. The standard InChI is InChI=1S/C12H14N2O2/c1-2-16-12(15)11-8-10(14)6-5-9(11)4-3-7-13/h5-6,8H,2-4,14H2,1H3. The highest BCUT2D eigenvalue weighted by molar-refractivity contribution is 5.92. The van der Waals surface area contributed by atoms with Gasteiger partial charge in [-0.25, -0.2) is 4.79 Å². The van der Waals surface area contributed by atoms with E-state index in [-0.39, 0.29) is 5.97 Å². The Kier molecular flexibility index (Phi) is 4.34. The van der Waals surface area contributed by atoms with Crippen LogP contribution in [0.3, 0.4) is 0 Å². The molecular weight excluding hydrogens is 204 g/mol. The van der Waals surface area contributed by atoms with E-state index >= 15 is 0 Å². The van der Waals surface area contributed by atoms with E-state index in [1.54, 1.807) is 25.1 Å². The summed E-state index contributed by atoms with van der Waals surface area (Å²) in [7, 11) is 0. The summed E-state index contributed by atoms with van der Waals surface area (Å²) in [6.45, 7) is 2.07. The predicted molar refractivity (Wildman–Crippen MR) is 60.7 cm³/mol. The van der Waals surface area contributed by atoms with Crippen LogP contribution in [0.25, 0.3) is 0 Å². The molecule has 0 radical (unpaired) electrons. The Hall–Kier alpha value is -2.02. The quantitative estimate of drug-likeness (QED) is 0.618. The van der Waals surface area contributed by atoms with Gasteiger partial charge in [0.25, 0.3) is 0 Å². The van der Waals surface area contributed by atoms with Crippen molar-refractivity contribution in [1.82, 2.24) is 0 Å². The molecule has 0 aliphatic carbocycles. The largest absolute Gasteiger partial charge is 0.462 e. The molecule has 0 aliphatic rings. The molecule has 4 heteroatoms. The molecule has 1 aromatic carbocycles. The molecule has 84 valence electrons. The molecule has 4 nitrogen and oxygen atoms in total. The van der Waals surface area contributed by atoms with E-state index in [2.05, 4.69) is 0 Å². The Morgan fingerprint density at radius 1 is 1.56 bits per heavy atom. The van der Waals surface area contributed by atoms with Gasteiger partial charge in [0.1, 0.15) is 0 Å². The van der Waals surface area contributed by atoms with Crippen molar-refractivity contribution in [1.29, 1.82) is 5.26 Å². The van der Waals surface area contributed by atoms with Gasteiger partial charge in [0.05, 0.1) is 18.2 Å². The van der Waals surface area contributed by atoms with Crippen LogP contribution in [0.4, 0.5) is 5.69 Å². The van der Waals surface area contributed by atoms with Gasteiger partial charge in [-0.15, -0.1) is 0 Å². The topological polar surface area (TPSA) is 76.1 Å². The maximum Gasteiger partial charge on any atom is 0.338 e. The number of anilines is 1. The average Bonchev–Trinajstić information content (AvgIpc) is 2.27. The highest BCUT2D eigenvalue weighted by atomic mass is 16.5. The second kappa shape index (κ2) is 5.76. The number of hydrogen-bond donors (Lipinski definition) is 1. The number of carbonyl (C=O) groups is 1. The molecule has 0 amide bonds. The lowest BCUT2D eigenvalue weighted by Crippen LogP contribution is -2.09. The molecule has 0 heterocycles. The SMILES string of the molecule is CCOC(=O)c1cc(N)ccc1CCC#N. The Bertz CT molecular complexity index is 422. The van der Waals surface area contributed by atoms with Crippen LogP contribution in [0.5, 0.6) is 0 Å². The summed E-state index contributed by atoms with van der Waals surface area (Å²) in [5.74, 6) is -0.386. The normalized spacial score (nSPS) is 9.50. The van der Waals surface area contributed by atoms with E-state index in [4.69, 9.17) is 15.7 Å². The highest BCUT2D eigenvalue weighted by Gasteiger charge is 2.12. The van der Waals surface area contributed by atoms with Crippen LogP contribution >= 0.6 is 0 Å². The molecule has 0 spiro atoms. The fraction of sp³-hybridized carbons (Fsp3) is 0.333. The number of esters is 1. The van der Waals surface area contributed by atoms with E-state index in [1.165, 1.54) is 0 Å². The summed E-state index contributed by atoms with van der Waals surface area (Å²) in [6.07, 6.45) is 0.904. The minimum atomic E-state index is -0.386. The monoisotopic (exact) mass is 218 g/mol. The Balaban J connectivity index is 2.98. The number of aryl methyl sites for hydroxylation is 1. The van der Waals surface area contributed by atoms with E-state index in [1.807, 2.05) is 6.07 Å². The lowest BCUT2D eigenvalue weighted by Gasteiger charge is -2.08. The first-order valence-electron chi connectivity index (χ1n) is 5.11. The van der Waals surface area contributed by atoms with Crippen LogP contribution in [0.15, 0.2) is 18.2 Å². The fourth-order valence-corrected chi connectivity index (χ4v) is 1.40. The van der Waals surface area contributed by atoms with Gasteiger partial charge in [0.2, 0.25) is 0 Å². The zero-order chi connectivity index (χ0) is 12.0. The van der Waals surface area contributed by atoms with Gasteiger partial charge in [-0.2, -0.15) is 5.26 Å². The summed E-state index contributed by atoms with van der Waals surface area (Å²) in [5, 5.41) is 8.52. The van der Waals surface area contributed by atoms with Crippen LogP contribution in [0.1, 0.15) is 29.3 Å². The summed E-state index contributed by atoms with van der Waals surface area (Å²) < 4.78 is 4.93. The molecule has 0 saturated carbocycles. The molecular formula is C12H14N2O2. The Labute approximate surface area is 94.6 Å². The molecule has 0 unspecified atom stereocenters. The van der Waals surface area contributed by atoms with Gasteiger partial charge in [0.15, 0.2) is 0 Å². The van der Waals surface area contributed by atoms with Crippen LogP contribution in [-0.2, 0) is 11.2 Å². The van der Waals surface area contributed by atoms with Gasteiger partial charge in [-0.3, -0.25) is 0 Å². The van der Waals surface area contributed by atoms with E-state index in [9.17, 15) is 4.79 Å². The van der Waals surface area contributed by atoms with Crippen molar-refractivity contribution >= 4 is 11.7 Å². The summed E-state index contributed by atoms with van der Waals surface area (Å²) in [4.78, 5) is 11.6. The second-order valence-corrected chi connectivity index (χ2v) is 3.30. The number of rotatable bonds is 4. The molecule has 2 N–H and O–H groups in total. The molecule has 0 fully saturated rings. The van der Waals surface area contributed by atoms with Crippen molar-refractivity contribution in [3.8, 4) is 6.07 Å². The molecule has 0 bridgehead atoms. The summed E-state index contributed by atoms with van der Waals surface area (Å²) >= 11 is 0. The van der Waals surface area contributed by atoms with Crippen molar-refractivity contribution in [2.45, 2.75) is 19.8 Å². The first-order chi connectivity index (χ1) is 7.69. The van der Waals surface area contributed by atoms with Crippen LogP contribution in [-0.4, -0.2) is 12.6 Å². The van der Waals surface area contributed by atoms with Gasteiger partial charge in [-0.05, 0) is 31.0 Å². The number of benzene rings is 1. The number of hydrogen-bond acceptors (Lipinski definition) is 4. The summed E-state index contributed by atoms with van der Waals surface area (Å²) in [6, 6.07) is 7.11. The third-order valence-corrected chi connectivity index (χ3v) is 2.14. The summed E-state index contributed by atoms with van der Waals surface area (Å²) in [5.41, 5.74) is 7.39. The van der Waals surface area contributed by atoms with Crippen molar-refractivity contribution < 1.29 is 9.53 Å². The van der Waals surface area contributed by atoms with Gasteiger partial charge in [0, 0.05) is 12.1 Å². The minimum Gasteiger partial charge on any atom is -0.462 e. The number of nitrogen functional groups attached to an aromatic ring is 1. The molecule has 0 aromatic heterocycles. The second-order valence-electron chi connectivity index (χ2n) is 3.30. The van der Waals surface area contributed by atoms with Crippen molar-refractivity contribution in [2.75, 3.05) is 12.3 Å². The predicted octanol–water partition coefficient (Wildman–Crippen LogP) is 1.90. The number of nitrogens with zero attached hydrogens (tertiary/aromatic N) is 1. The van der Waals surface area contributed by atoms with Gasteiger partial charge >= 0.3 is 5.97 Å². The van der Waals surface area contributed by atoms with E-state index in [0.717, 1.165) is 5.56 Å². The molecule has 0 saturated heterocycles. The van der Waals surface area contributed by atoms with Crippen LogP contribution < -0.4 is 5.73 Å². The van der Waals surface area contributed by atoms with E-state index in [0.29, 0.717) is 30.7 Å². The lowest BCUT2D eigenvalue weighted by molar-refractivity contribution is 0.0525. The smallest absolute Gasteiger partial charge is 0.338 e. The average molecular weight is 218 g/mol. The van der Waals surface area contributed by atoms with Crippen LogP contribution in [0, 0.1) is 11.3 Å². The van der Waals surface area contributed by atoms with Crippen molar-refractivity contribution in [3.05, 3.63) is 29.3 Å². The van der Waals surface area contributed by atoms with E-state index < -0.39 is 0 Å². The highest BCUT2D eigenvalue weighted by Crippen LogP contribution is 2.16. The first-order valence-corrected chi connectivity index (χ1v) is 5.11. The number of ether oxygens (including phenoxy) is 1. The molecule has 16 heavy (non-hydrogen) atoms. The maximum absolute atomic E-state index is 11.6. The number of nitriles is 1. The zero-order valence-corrected chi connectivity index (χ0v) is 9.19. The minimum absolute atomic E-state index is 0.325. The molecule has 0 aliphatic heterocycles. The van der Waals surface area contributed by atoms with Gasteiger partial charge in [-0.1, -0.05) is 6.07 Å². The zero-order valence-electron chi connectivity index (χ0n) is 9.19. The number of nitrogens with two attached hydrogens (primary N) is 1. The van der Waals surface area contributed by atoms with Gasteiger partial charge < -0.3 is 10.5 Å². The van der Waals surface area contributed by atoms with Crippen LogP contribution in [0.2, 0.25) is 0 Å². The molecule has 0 atom stereocenters. The molecule has 1 rings (SSSR count). The fourth-order valence-electron chi connectivity index (χ4n) is 1.40. The Morgan fingerprint density at radius 2 is 2.31 bits per heavy atom. The third-order valence-electron chi connectivity index (χ3n) is 2.14. The maximum atomic E-state index is 11.6. The van der Waals surface area contributed by atoms with Crippen molar-refractivity contribution in [3.63, 3.8) is 0 Å². The third kappa shape index (κ3) is 2.99. The molecule has 1 aromatic rings. The first kappa shape index (κ1) is 12.1. The Morgan fingerprint density at radius 3 is 2.94 bits per heavy atom. The number of carbonyl (C=O) groups excluding carboxylic acids is 1.